The van der Waals surface area contributed by atoms with Gasteiger partial charge >= 0.3 is 0 Å². The number of ether oxygens (including phenoxy) is 2. The second kappa shape index (κ2) is 9.78. The van der Waals surface area contributed by atoms with Crippen LogP contribution in [0.4, 0.5) is 5.69 Å². The number of nitrogens with two attached hydrogens (primary N) is 1. The third-order valence-electron chi connectivity index (χ3n) is 3.09. The summed E-state index contributed by atoms with van der Waals surface area (Å²) in [6, 6.07) is 8.05. The van der Waals surface area contributed by atoms with E-state index in [1.165, 1.54) is 5.56 Å². The van der Waals surface area contributed by atoms with E-state index in [9.17, 15) is 0 Å². The van der Waals surface area contributed by atoms with Gasteiger partial charge in [0.1, 0.15) is 0 Å². The Labute approximate surface area is 116 Å². The van der Waals surface area contributed by atoms with E-state index in [1.54, 1.807) is 7.11 Å². The quantitative estimate of drug-likeness (QED) is 0.521. The maximum absolute atomic E-state index is 5.97. The van der Waals surface area contributed by atoms with Gasteiger partial charge in [-0.2, -0.15) is 0 Å². The first-order valence-corrected chi connectivity index (χ1v) is 6.90. The van der Waals surface area contributed by atoms with Gasteiger partial charge in [0.25, 0.3) is 0 Å². The average molecular weight is 266 g/mol. The van der Waals surface area contributed by atoms with Crippen LogP contribution >= 0.6 is 0 Å². The molecule has 0 spiro atoms. The van der Waals surface area contributed by atoms with Crippen molar-refractivity contribution < 1.29 is 9.47 Å². The van der Waals surface area contributed by atoms with E-state index in [4.69, 9.17) is 15.2 Å². The van der Waals surface area contributed by atoms with Gasteiger partial charge in [0.15, 0.2) is 0 Å². The fourth-order valence-corrected chi connectivity index (χ4v) is 1.90. The van der Waals surface area contributed by atoms with Gasteiger partial charge in [-0.3, -0.25) is 4.90 Å². The van der Waals surface area contributed by atoms with E-state index >= 15 is 0 Å². The van der Waals surface area contributed by atoms with Crippen molar-refractivity contribution >= 4 is 5.69 Å². The standard InChI is InChI=1S/C15H26N2O2/c1-3-17(9-6-10-19-12-11-18-2)13-14-7-4-5-8-15(14)16/h4-5,7-8H,3,6,9-13,16H2,1-2H3. The molecule has 4 nitrogen and oxygen atoms in total. The van der Waals surface area contributed by atoms with Crippen LogP contribution in [0.15, 0.2) is 24.3 Å². The number of rotatable bonds is 10. The van der Waals surface area contributed by atoms with E-state index < -0.39 is 0 Å². The van der Waals surface area contributed by atoms with Crippen molar-refractivity contribution in [3.8, 4) is 0 Å². The Balaban J connectivity index is 2.24. The Morgan fingerprint density at radius 3 is 2.63 bits per heavy atom. The van der Waals surface area contributed by atoms with Gasteiger partial charge in [0.2, 0.25) is 0 Å². The van der Waals surface area contributed by atoms with E-state index in [0.29, 0.717) is 13.2 Å². The minimum absolute atomic E-state index is 0.665. The highest BCUT2D eigenvalue weighted by Crippen LogP contribution is 2.13. The molecule has 2 N–H and O–H groups in total. The van der Waals surface area contributed by atoms with Gasteiger partial charge in [0, 0.05) is 32.5 Å². The van der Waals surface area contributed by atoms with Crippen molar-refractivity contribution in [2.24, 2.45) is 0 Å². The van der Waals surface area contributed by atoms with Crippen LogP contribution in [0.1, 0.15) is 18.9 Å². The molecule has 0 heterocycles. The van der Waals surface area contributed by atoms with Crippen molar-refractivity contribution in [3.05, 3.63) is 29.8 Å². The number of hydrogen-bond donors (Lipinski definition) is 1. The SMILES string of the molecule is CCN(CCCOCCOC)Cc1ccccc1N. The number of nitrogens with zero attached hydrogens (tertiary/aromatic N) is 1. The lowest BCUT2D eigenvalue weighted by Crippen LogP contribution is -2.25. The molecular weight excluding hydrogens is 240 g/mol. The largest absolute Gasteiger partial charge is 0.398 e. The van der Waals surface area contributed by atoms with Gasteiger partial charge in [-0.15, -0.1) is 0 Å². The molecule has 0 aliphatic rings. The molecule has 0 saturated heterocycles. The van der Waals surface area contributed by atoms with Crippen molar-refractivity contribution in [3.63, 3.8) is 0 Å². The summed E-state index contributed by atoms with van der Waals surface area (Å²) < 4.78 is 10.4. The Morgan fingerprint density at radius 2 is 1.95 bits per heavy atom. The van der Waals surface area contributed by atoms with Crippen LogP contribution in [0.5, 0.6) is 0 Å². The molecule has 0 aromatic heterocycles. The minimum atomic E-state index is 0.665. The third kappa shape index (κ3) is 6.57. The summed E-state index contributed by atoms with van der Waals surface area (Å²) in [5, 5.41) is 0. The molecule has 108 valence electrons. The van der Waals surface area contributed by atoms with Gasteiger partial charge in [-0.05, 0) is 24.6 Å². The smallest absolute Gasteiger partial charge is 0.0700 e. The lowest BCUT2D eigenvalue weighted by atomic mass is 10.1. The molecule has 0 radical (unpaired) electrons. The van der Waals surface area contributed by atoms with Crippen LogP contribution < -0.4 is 5.73 Å². The minimum Gasteiger partial charge on any atom is -0.398 e. The van der Waals surface area contributed by atoms with Crippen LogP contribution in [0.25, 0.3) is 0 Å². The van der Waals surface area contributed by atoms with Crippen molar-refractivity contribution in [2.45, 2.75) is 19.9 Å². The molecule has 0 fully saturated rings. The zero-order valence-corrected chi connectivity index (χ0v) is 12.1. The van der Waals surface area contributed by atoms with Gasteiger partial charge in [0.05, 0.1) is 13.2 Å². The van der Waals surface area contributed by atoms with Crippen LogP contribution in [-0.4, -0.2) is 44.9 Å². The second-order valence-corrected chi connectivity index (χ2v) is 4.53. The molecule has 0 saturated carbocycles. The molecule has 4 heteroatoms. The van der Waals surface area contributed by atoms with Crippen molar-refractivity contribution in [1.29, 1.82) is 0 Å². The zero-order chi connectivity index (χ0) is 13.9. The molecule has 1 aromatic carbocycles. The van der Waals surface area contributed by atoms with Crippen LogP contribution in [0, 0.1) is 0 Å². The first-order chi connectivity index (χ1) is 9.27. The number of methoxy groups -OCH3 is 1. The molecule has 0 aliphatic heterocycles. The van der Waals surface area contributed by atoms with E-state index in [-0.39, 0.29) is 0 Å². The summed E-state index contributed by atoms with van der Waals surface area (Å²) in [6.45, 7) is 7.24. The molecule has 0 aliphatic carbocycles. The highest BCUT2D eigenvalue weighted by atomic mass is 16.5. The molecular formula is C15H26N2O2. The Bertz CT molecular complexity index is 345. The average Bonchev–Trinajstić information content (AvgIpc) is 2.43. The summed E-state index contributed by atoms with van der Waals surface area (Å²) in [7, 11) is 1.69. The number of para-hydroxylation sites is 1. The van der Waals surface area contributed by atoms with E-state index in [1.807, 2.05) is 18.2 Å². The fraction of sp³-hybridized carbons (Fsp3) is 0.600. The zero-order valence-electron chi connectivity index (χ0n) is 12.1. The van der Waals surface area contributed by atoms with E-state index in [0.717, 1.165) is 38.3 Å². The number of hydrogen-bond acceptors (Lipinski definition) is 4. The molecule has 0 unspecified atom stereocenters. The maximum Gasteiger partial charge on any atom is 0.0700 e. The highest BCUT2D eigenvalue weighted by Gasteiger charge is 2.05. The molecule has 1 rings (SSSR count). The van der Waals surface area contributed by atoms with Gasteiger partial charge in [-0.25, -0.2) is 0 Å². The lowest BCUT2D eigenvalue weighted by Gasteiger charge is -2.21. The predicted molar refractivity (Wildman–Crippen MR) is 79.1 cm³/mol. The lowest BCUT2D eigenvalue weighted by molar-refractivity contribution is 0.0651. The molecule has 19 heavy (non-hydrogen) atoms. The van der Waals surface area contributed by atoms with Gasteiger partial charge < -0.3 is 15.2 Å². The van der Waals surface area contributed by atoms with Crippen molar-refractivity contribution in [1.82, 2.24) is 4.90 Å². The molecule has 0 atom stereocenters. The Kier molecular flexibility index (Phi) is 8.21. The Hall–Kier alpha value is -1.10. The topological polar surface area (TPSA) is 47.7 Å². The first kappa shape index (κ1) is 16.0. The van der Waals surface area contributed by atoms with Crippen LogP contribution in [0.2, 0.25) is 0 Å². The second-order valence-electron chi connectivity index (χ2n) is 4.53. The monoisotopic (exact) mass is 266 g/mol. The fourth-order valence-electron chi connectivity index (χ4n) is 1.90. The molecule has 1 aromatic rings. The molecule has 0 amide bonds. The van der Waals surface area contributed by atoms with E-state index in [2.05, 4.69) is 17.9 Å². The predicted octanol–water partition coefficient (Wildman–Crippen LogP) is 2.14. The normalized spacial score (nSPS) is 11.1. The van der Waals surface area contributed by atoms with Crippen LogP contribution in [0.3, 0.4) is 0 Å². The summed E-state index contributed by atoms with van der Waals surface area (Å²) in [6.07, 6.45) is 1.03. The molecule has 0 bridgehead atoms. The summed E-state index contributed by atoms with van der Waals surface area (Å²) >= 11 is 0. The third-order valence-corrected chi connectivity index (χ3v) is 3.09. The first-order valence-electron chi connectivity index (χ1n) is 6.90. The number of anilines is 1. The summed E-state index contributed by atoms with van der Waals surface area (Å²) in [5.41, 5.74) is 8.04. The summed E-state index contributed by atoms with van der Waals surface area (Å²) in [4.78, 5) is 2.38. The number of nitrogen functional groups attached to an aromatic ring is 1. The maximum atomic E-state index is 5.97. The summed E-state index contributed by atoms with van der Waals surface area (Å²) in [5.74, 6) is 0. The number of benzene rings is 1. The highest BCUT2D eigenvalue weighted by molar-refractivity contribution is 5.46. The van der Waals surface area contributed by atoms with Crippen molar-refractivity contribution in [2.75, 3.05) is 45.8 Å². The van der Waals surface area contributed by atoms with Crippen LogP contribution in [-0.2, 0) is 16.0 Å². The Morgan fingerprint density at radius 1 is 1.16 bits per heavy atom. The van der Waals surface area contributed by atoms with Gasteiger partial charge in [-0.1, -0.05) is 25.1 Å².